The minimum absolute atomic E-state index is 0.133. The second-order valence-electron chi connectivity index (χ2n) is 7.81. The fraction of sp³-hybridized carbons (Fsp3) is 0.632. The van der Waals surface area contributed by atoms with E-state index in [1.54, 1.807) is 11.0 Å². The Morgan fingerprint density at radius 1 is 1.28 bits per heavy atom. The van der Waals surface area contributed by atoms with Crippen molar-refractivity contribution in [3.63, 3.8) is 0 Å². The van der Waals surface area contributed by atoms with Gasteiger partial charge in [0, 0.05) is 24.7 Å². The standard InChI is InChI=1S/C19H28FNO4/c1-13(2)24-16-12-14(20)6-7-15(16)19(23)8-10-21(11-9-19)17(22)25-18(3,4)5/h6-7,12-13,23H,8-11H2,1-5H3. The summed E-state index contributed by atoms with van der Waals surface area (Å²) < 4.78 is 24.6. The summed E-state index contributed by atoms with van der Waals surface area (Å²) in [4.78, 5) is 13.8. The van der Waals surface area contributed by atoms with E-state index in [1.165, 1.54) is 12.1 Å². The van der Waals surface area contributed by atoms with E-state index in [9.17, 15) is 14.3 Å². The normalized spacial score (nSPS) is 17.5. The van der Waals surface area contributed by atoms with Gasteiger partial charge >= 0.3 is 6.09 Å². The third-order valence-corrected chi connectivity index (χ3v) is 4.05. The Balaban J connectivity index is 2.13. The molecule has 0 unspecified atom stereocenters. The maximum absolute atomic E-state index is 13.6. The van der Waals surface area contributed by atoms with Crippen molar-refractivity contribution in [1.82, 2.24) is 4.90 Å². The number of benzene rings is 1. The van der Waals surface area contributed by atoms with Crippen molar-refractivity contribution < 1.29 is 23.8 Å². The number of amides is 1. The van der Waals surface area contributed by atoms with Crippen LogP contribution in [0.2, 0.25) is 0 Å². The Morgan fingerprint density at radius 3 is 2.40 bits per heavy atom. The van der Waals surface area contributed by atoms with E-state index in [2.05, 4.69) is 0 Å². The molecule has 5 nitrogen and oxygen atoms in total. The van der Waals surface area contributed by atoms with Gasteiger partial charge in [-0.15, -0.1) is 0 Å². The summed E-state index contributed by atoms with van der Waals surface area (Å²) in [6.45, 7) is 9.89. The number of carbonyl (C=O) groups excluding carboxylic acids is 1. The highest BCUT2D eigenvalue weighted by molar-refractivity contribution is 5.68. The molecule has 1 aromatic carbocycles. The van der Waals surface area contributed by atoms with Crippen LogP contribution in [0.3, 0.4) is 0 Å². The summed E-state index contributed by atoms with van der Waals surface area (Å²) >= 11 is 0. The Morgan fingerprint density at radius 2 is 1.88 bits per heavy atom. The number of aliphatic hydroxyl groups is 1. The lowest BCUT2D eigenvalue weighted by atomic mass is 9.84. The third kappa shape index (κ3) is 5.08. The van der Waals surface area contributed by atoms with Crippen molar-refractivity contribution in [2.24, 2.45) is 0 Å². The second kappa shape index (κ2) is 7.20. The number of halogens is 1. The van der Waals surface area contributed by atoms with Crippen LogP contribution in [0.4, 0.5) is 9.18 Å². The van der Waals surface area contributed by atoms with E-state index >= 15 is 0 Å². The lowest BCUT2D eigenvalue weighted by molar-refractivity contribution is -0.0372. The minimum Gasteiger partial charge on any atom is -0.491 e. The Hall–Kier alpha value is -1.82. The number of ether oxygens (including phenoxy) is 2. The van der Waals surface area contributed by atoms with Crippen LogP contribution in [0.5, 0.6) is 5.75 Å². The zero-order valence-electron chi connectivity index (χ0n) is 15.6. The van der Waals surface area contributed by atoms with Crippen molar-refractivity contribution in [1.29, 1.82) is 0 Å². The van der Waals surface area contributed by atoms with Gasteiger partial charge in [-0.1, -0.05) is 0 Å². The first-order valence-corrected chi connectivity index (χ1v) is 8.67. The highest BCUT2D eigenvalue weighted by Gasteiger charge is 2.38. The van der Waals surface area contributed by atoms with E-state index < -0.39 is 17.0 Å². The number of rotatable bonds is 3. The van der Waals surface area contributed by atoms with Crippen LogP contribution < -0.4 is 4.74 Å². The van der Waals surface area contributed by atoms with Crippen LogP contribution in [-0.4, -0.2) is 40.9 Å². The molecule has 0 saturated carbocycles. The number of hydrogen-bond acceptors (Lipinski definition) is 4. The van der Waals surface area contributed by atoms with Crippen molar-refractivity contribution in [2.45, 2.75) is 64.8 Å². The topological polar surface area (TPSA) is 59.0 Å². The molecule has 0 spiro atoms. The van der Waals surface area contributed by atoms with Gasteiger partial charge in [0.05, 0.1) is 11.7 Å². The molecular weight excluding hydrogens is 325 g/mol. The molecule has 0 atom stereocenters. The average Bonchev–Trinajstić information content (AvgIpc) is 2.45. The van der Waals surface area contributed by atoms with E-state index in [1.807, 2.05) is 34.6 Å². The molecule has 1 heterocycles. The molecule has 1 amide bonds. The lowest BCUT2D eigenvalue weighted by Gasteiger charge is -2.39. The van der Waals surface area contributed by atoms with Gasteiger partial charge in [-0.3, -0.25) is 0 Å². The molecule has 0 aromatic heterocycles. The molecule has 1 aliphatic heterocycles. The Labute approximate surface area is 148 Å². The quantitative estimate of drug-likeness (QED) is 0.897. The number of piperidine rings is 1. The molecule has 0 bridgehead atoms. The molecular formula is C19H28FNO4. The predicted octanol–water partition coefficient (Wildman–Crippen LogP) is 3.83. The molecule has 0 radical (unpaired) electrons. The number of nitrogens with zero attached hydrogens (tertiary/aromatic N) is 1. The van der Waals surface area contributed by atoms with Crippen LogP contribution in [0.15, 0.2) is 18.2 Å². The molecule has 1 fully saturated rings. The lowest BCUT2D eigenvalue weighted by Crippen LogP contribution is -2.47. The van der Waals surface area contributed by atoms with Crippen molar-refractivity contribution in [3.05, 3.63) is 29.6 Å². The molecule has 1 saturated heterocycles. The van der Waals surface area contributed by atoms with Gasteiger partial charge < -0.3 is 19.5 Å². The summed E-state index contributed by atoms with van der Waals surface area (Å²) in [5.41, 5.74) is -1.15. The van der Waals surface area contributed by atoms with Gasteiger partial charge in [0.2, 0.25) is 0 Å². The number of likely N-dealkylation sites (tertiary alicyclic amines) is 1. The number of carbonyl (C=O) groups is 1. The zero-order chi connectivity index (χ0) is 18.8. The molecule has 1 aromatic rings. The summed E-state index contributed by atoms with van der Waals surface area (Å²) in [5.74, 6) is -0.0580. The first kappa shape index (κ1) is 19.5. The van der Waals surface area contributed by atoms with E-state index in [0.29, 0.717) is 37.2 Å². The predicted molar refractivity (Wildman–Crippen MR) is 93.1 cm³/mol. The largest absolute Gasteiger partial charge is 0.491 e. The highest BCUT2D eigenvalue weighted by atomic mass is 19.1. The molecule has 140 valence electrons. The van der Waals surface area contributed by atoms with Gasteiger partial charge in [-0.2, -0.15) is 0 Å². The fourth-order valence-electron chi connectivity index (χ4n) is 2.89. The number of hydrogen-bond donors (Lipinski definition) is 1. The first-order valence-electron chi connectivity index (χ1n) is 8.67. The average molecular weight is 353 g/mol. The van der Waals surface area contributed by atoms with Crippen LogP contribution in [0.25, 0.3) is 0 Å². The molecule has 1 aliphatic rings. The summed E-state index contributed by atoms with van der Waals surface area (Å²) in [5, 5.41) is 11.1. The van der Waals surface area contributed by atoms with Gasteiger partial charge in [0.1, 0.15) is 17.2 Å². The monoisotopic (exact) mass is 353 g/mol. The molecule has 6 heteroatoms. The van der Waals surface area contributed by atoms with Gasteiger partial charge in [0.25, 0.3) is 0 Å². The van der Waals surface area contributed by atoms with Crippen LogP contribution in [0, 0.1) is 5.82 Å². The minimum atomic E-state index is -1.16. The van der Waals surface area contributed by atoms with E-state index in [4.69, 9.17) is 9.47 Å². The summed E-state index contributed by atoms with van der Waals surface area (Å²) in [7, 11) is 0. The summed E-state index contributed by atoms with van der Waals surface area (Å²) in [6.07, 6.45) is 0.164. The SMILES string of the molecule is CC(C)Oc1cc(F)ccc1C1(O)CCN(C(=O)OC(C)(C)C)CC1. The van der Waals surface area contributed by atoms with Crippen molar-refractivity contribution in [3.8, 4) is 5.75 Å². The highest BCUT2D eigenvalue weighted by Crippen LogP contribution is 2.39. The molecule has 0 aliphatic carbocycles. The third-order valence-electron chi connectivity index (χ3n) is 4.05. The van der Waals surface area contributed by atoms with E-state index in [-0.39, 0.29) is 12.2 Å². The maximum atomic E-state index is 13.6. The zero-order valence-corrected chi connectivity index (χ0v) is 15.6. The van der Waals surface area contributed by atoms with Gasteiger partial charge in [-0.25, -0.2) is 9.18 Å². The van der Waals surface area contributed by atoms with Gasteiger partial charge in [0.15, 0.2) is 0 Å². The first-order chi connectivity index (χ1) is 11.5. The Kier molecular flexibility index (Phi) is 5.62. The molecule has 1 N–H and O–H groups in total. The van der Waals surface area contributed by atoms with Crippen LogP contribution in [0.1, 0.15) is 53.0 Å². The Bertz CT molecular complexity index is 616. The van der Waals surface area contributed by atoms with Crippen molar-refractivity contribution >= 4 is 6.09 Å². The van der Waals surface area contributed by atoms with Crippen LogP contribution >= 0.6 is 0 Å². The second-order valence-corrected chi connectivity index (χ2v) is 7.81. The van der Waals surface area contributed by atoms with Crippen molar-refractivity contribution in [2.75, 3.05) is 13.1 Å². The molecule has 25 heavy (non-hydrogen) atoms. The molecule has 2 rings (SSSR count). The smallest absolute Gasteiger partial charge is 0.410 e. The fourth-order valence-corrected chi connectivity index (χ4v) is 2.89. The summed E-state index contributed by atoms with van der Waals surface area (Å²) in [6, 6.07) is 4.18. The maximum Gasteiger partial charge on any atom is 0.410 e. The van der Waals surface area contributed by atoms with Crippen LogP contribution in [-0.2, 0) is 10.3 Å². The van der Waals surface area contributed by atoms with Gasteiger partial charge in [-0.05, 0) is 59.6 Å². The van der Waals surface area contributed by atoms with E-state index in [0.717, 1.165) is 0 Å².